The molecule has 10 heteroatoms. The SMILES string of the molecule is CC(C)(C)OC(=O)N1C2CC1CN(c1cnc(-c3cc(C4=CCOC4)cn4ncc(C#N)c34)cn1)C2. The van der Waals surface area contributed by atoms with E-state index in [9.17, 15) is 10.1 Å². The number of hydrogen-bond donors (Lipinski definition) is 0. The number of hydrogen-bond acceptors (Lipinski definition) is 8. The first-order valence-corrected chi connectivity index (χ1v) is 12.1. The molecule has 2 unspecified atom stereocenters. The number of carbonyl (C=O) groups excluding carboxylic acids is 1. The molecule has 4 aliphatic heterocycles. The van der Waals surface area contributed by atoms with Crippen LogP contribution in [0.4, 0.5) is 10.6 Å². The Hall–Kier alpha value is -3.97. The fraction of sp³-hybridized carbons (Fsp3) is 0.423. The smallest absolute Gasteiger partial charge is 0.410 e. The second kappa shape index (κ2) is 8.31. The van der Waals surface area contributed by atoms with Gasteiger partial charge < -0.3 is 14.4 Å². The Morgan fingerprint density at radius 2 is 2.00 bits per heavy atom. The Kier molecular flexibility index (Phi) is 5.19. The molecule has 2 atom stereocenters. The van der Waals surface area contributed by atoms with E-state index in [-0.39, 0.29) is 18.2 Å². The molecule has 4 aliphatic rings. The van der Waals surface area contributed by atoms with Crippen molar-refractivity contribution in [3.05, 3.63) is 48.1 Å². The topological polar surface area (TPSA) is 109 Å². The van der Waals surface area contributed by atoms with Crippen molar-refractivity contribution in [1.29, 1.82) is 5.26 Å². The number of fused-ring (bicyclic) bond motifs is 3. The lowest BCUT2D eigenvalue weighted by Crippen LogP contribution is -2.70. The molecule has 36 heavy (non-hydrogen) atoms. The first-order chi connectivity index (χ1) is 17.3. The monoisotopic (exact) mass is 485 g/mol. The van der Waals surface area contributed by atoms with Crippen LogP contribution >= 0.6 is 0 Å². The maximum absolute atomic E-state index is 12.6. The van der Waals surface area contributed by atoms with E-state index in [0.717, 1.165) is 28.9 Å². The normalized spacial score (nSPS) is 21.2. The third-order valence-electron chi connectivity index (χ3n) is 6.84. The highest BCUT2D eigenvalue weighted by Gasteiger charge is 2.49. The van der Waals surface area contributed by atoms with Crippen molar-refractivity contribution in [2.24, 2.45) is 0 Å². The van der Waals surface area contributed by atoms with Crippen molar-refractivity contribution < 1.29 is 14.3 Å². The van der Waals surface area contributed by atoms with E-state index in [1.807, 2.05) is 37.9 Å². The van der Waals surface area contributed by atoms with Gasteiger partial charge in [-0.05, 0) is 44.4 Å². The molecule has 0 aromatic carbocycles. The van der Waals surface area contributed by atoms with Gasteiger partial charge in [0.2, 0.25) is 0 Å². The molecule has 3 saturated heterocycles. The summed E-state index contributed by atoms with van der Waals surface area (Å²) in [5.74, 6) is 0.769. The number of pyridine rings is 1. The van der Waals surface area contributed by atoms with Gasteiger partial charge in [0, 0.05) is 24.8 Å². The average Bonchev–Trinajstić information content (AvgIpc) is 3.52. The predicted octanol–water partition coefficient (Wildman–Crippen LogP) is 3.27. The number of nitriles is 1. The van der Waals surface area contributed by atoms with E-state index in [0.29, 0.717) is 43.1 Å². The van der Waals surface area contributed by atoms with Crippen molar-refractivity contribution in [2.75, 3.05) is 31.2 Å². The summed E-state index contributed by atoms with van der Waals surface area (Å²) < 4.78 is 12.8. The Bertz CT molecular complexity index is 1400. The minimum absolute atomic E-state index is 0.114. The molecule has 1 amide bonds. The van der Waals surface area contributed by atoms with E-state index in [1.54, 1.807) is 23.1 Å². The van der Waals surface area contributed by atoms with E-state index in [2.05, 4.69) is 22.1 Å². The molecule has 10 nitrogen and oxygen atoms in total. The summed E-state index contributed by atoms with van der Waals surface area (Å²) in [7, 11) is 0. The lowest BCUT2D eigenvalue weighted by molar-refractivity contribution is -0.0380. The van der Waals surface area contributed by atoms with Gasteiger partial charge in [-0.3, -0.25) is 9.88 Å². The number of carbonyl (C=O) groups is 1. The van der Waals surface area contributed by atoms with E-state index < -0.39 is 5.60 Å². The average molecular weight is 486 g/mol. The van der Waals surface area contributed by atoms with Crippen LogP contribution in [0.25, 0.3) is 22.3 Å². The molecule has 2 bridgehead atoms. The van der Waals surface area contributed by atoms with Gasteiger partial charge in [0.05, 0.1) is 60.7 Å². The number of rotatable bonds is 3. The highest BCUT2D eigenvalue weighted by molar-refractivity contribution is 5.85. The summed E-state index contributed by atoms with van der Waals surface area (Å²) >= 11 is 0. The zero-order valence-electron chi connectivity index (χ0n) is 20.5. The molecule has 0 radical (unpaired) electrons. The molecule has 7 rings (SSSR count). The van der Waals surface area contributed by atoms with Gasteiger partial charge in [-0.1, -0.05) is 6.08 Å². The first kappa shape index (κ1) is 22.5. The first-order valence-electron chi connectivity index (χ1n) is 12.1. The Morgan fingerprint density at radius 1 is 1.19 bits per heavy atom. The zero-order chi connectivity index (χ0) is 25.0. The Balaban J connectivity index is 1.26. The lowest BCUT2D eigenvalue weighted by Gasteiger charge is -2.55. The zero-order valence-corrected chi connectivity index (χ0v) is 20.5. The van der Waals surface area contributed by atoms with E-state index in [1.165, 1.54) is 0 Å². The second-order valence-electron chi connectivity index (χ2n) is 10.4. The molecule has 3 aromatic rings. The van der Waals surface area contributed by atoms with Crippen LogP contribution in [-0.2, 0) is 9.47 Å². The number of ether oxygens (including phenoxy) is 2. The van der Waals surface area contributed by atoms with Gasteiger partial charge in [-0.25, -0.2) is 14.3 Å². The number of piperidine rings is 1. The molecule has 3 aromatic heterocycles. The Morgan fingerprint density at radius 3 is 2.64 bits per heavy atom. The van der Waals surface area contributed by atoms with Crippen LogP contribution in [-0.4, -0.2) is 74.6 Å². The van der Waals surface area contributed by atoms with Gasteiger partial charge in [0.1, 0.15) is 17.5 Å². The molecule has 7 heterocycles. The maximum atomic E-state index is 12.6. The molecule has 0 N–H and O–H groups in total. The summed E-state index contributed by atoms with van der Waals surface area (Å²) in [6.07, 6.45) is 9.78. The molecule has 3 fully saturated rings. The third-order valence-corrected chi connectivity index (χ3v) is 6.84. The number of amides is 1. The van der Waals surface area contributed by atoms with Crippen LogP contribution in [0.3, 0.4) is 0 Å². The second-order valence-corrected chi connectivity index (χ2v) is 10.4. The standard InChI is InChI=1S/C26H27N7O3/c1-26(2,3)36-25(34)33-19-7-20(33)14-31(13-19)23-11-28-22(10-29-23)21-6-17(16-4-5-35-15-16)12-32-24(21)18(8-27)9-30-32/h4,6,9-12,19-20H,5,7,13-15H2,1-3H3. The van der Waals surface area contributed by atoms with Crippen LogP contribution in [0, 0.1) is 11.3 Å². The van der Waals surface area contributed by atoms with Gasteiger partial charge in [-0.15, -0.1) is 0 Å². The van der Waals surface area contributed by atoms with Crippen molar-refractivity contribution in [3.63, 3.8) is 0 Å². The van der Waals surface area contributed by atoms with Gasteiger partial charge in [0.25, 0.3) is 0 Å². The minimum Gasteiger partial charge on any atom is -0.444 e. The van der Waals surface area contributed by atoms with Crippen molar-refractivity contribution in [2.45, 2.75) is 44.9 Å². The lowest BCUT2D eigenvalue weighted by atomic mass is 9.88. The summed E-state index contributed by atoms with van der Waals surface area (Å²) in [5, 5.41) is 14.0. The summed E-state index contributed by atoms with van der Waals surface area (Å²) in [5.41, 5.74) is 4.20. The van der Waals surface area contributed by atoms with Crippen LogP contribution in [0.1, 0.15) is 38.3 Å². The predicted molar refractivity (Wildman–Crippen MR) is 132 cm³/mol. The van der Waals surface area contributed by atoms with E-state index >= 15 is 0 Å². The number of piperazine rings is 1. The third kappa shape index (κ3) is 3.85. The summed E-state index contributed by atoms with van der Waals surface area (Å²) in [6, 6.07) is 4.48. The quantitative estimate of drug-likeness (QED) is 0.556. The van der Waals surface area contributed by atoms with Gasteiger partial charge in [-0.2, -0.15) is 10.4 Å². The summed E-state index contributed by atoms with van der Waals surface area (Å²) in [4.78, 5) is 26.0. The minimum atomic E-state index is -0.507. The van der Waals surface area contributed by atoms with Crippen LogP contribution in [0.2, 0.25) is 0 Å². The molecular weight excluding hydrogens is 458 g/mol. The van der Waals surface area contributed by atoms with Crippen LogP contribution < -0.4 is 4.90 Å². The molecule has 0 aliphatic carbocycles. The van der Waals surface area contributed by atoms with Crippen molar-refractivity contribution >= 4 is 23.0 Å². The van der Waals surface area contributed by atoms with E-state index in [4.69, 9.17) is 19.4 Å². The molecule has 0 saturated carbocycles. The van der Waals surface area contributed by atoms with Crippen LogP contribution in [0.5, 0.6) is 0 Å². The Labute approximate surface area is 208 Å². The van der Waals surface area contributed by atoms with Crippen LogP contribution in [0.15, 0.2) is 36.9 Å². The number of nitrogens with zero attached hydrogens (tertiary/aromatic N) is 7. The fourth-order valence-electron chi connectivity index (χ4n) is 5.20. The number of aromatic nitrogens is 4. The van der Waals surface area contributed by atoms with Gasteiger partial charge in [0.15, 0.2) is 0 Å². The molecule has 0 spiro atoms. The maximum Gasteiger partial charge on any atom is 0.410 e. The molecular formula is C26H27N7O3. The van der Waals surface area contributed by atoms with Gasteiger partial charge >= 0.3 is 6.09 Å². The molecule has 184 valence electrons. The van der Waals surface area contributed by atoms with Crippen molar-refractivity contribution in [1.82, 2.24) is 24.5 Å². The van der Waals surface area contributed by atoms with Crippen molar-refractivity contribution in [3.8, 4) is 17.3 Å². The largest absolute Gasteiger partial charge is 0.444 e. The number of anilines is 1. The highest BCUT2D eigenvalue weighted by Crippen LogP contribution is 2.36. The fourth-order valence-corrected chi connectivity index (χ4v) is 5.20. The highest BCUT2D eigenvalue weighted by atomic mass is 16.6. The summed E-state index contributed by atoms with van der Waals surface area (Å²) in [6.45, 7) is 8.17.